The number of hydrogen-bond acceptors (Lipinski definition) is 7. The van der Waals surface area contributed by atoms with E-state index in [0.29, 0.717) is 50.1 Å². The zero-order valence-electron chi connectivity index (χ0n) is 22.9. The number of anilines is 1. The van der Waals surface area contributed by atoms with Crippen molar-refractivity contribution in [3.63, 3.8) is 0 Å². The minimum absolute atomic E-state index is 0.259. The van der Waals surface area contributed by atoms with Gasteiger partial charge in [0.1, 0.15) is 12.4 Å². The molecule has 0 saturated carbocycles. The van der Waals surface area contributed by atoms with Crippen LogP contribution in [0.5, 0.6) is 17.2 Å². The van der Waals surface area contributed by atoms with Crippen molar-refractivity contribution >= 4 is 29.0 Å². The van der Waals surface area contributed by atoms with Gasteiger partial charge in [0.2, 0.25) is 0 Å². The monoisotopic (exact) mass is 567 g/mol. The van der Waals surface area contributed by atoms with Gasteiger partial charge in [-0.2, -0.15) is 0 Å². The second-order valence-corrected chi connectivity index (χ2v) is 10.2. The summed E-state index contributed by atoms with van der Waals surface area (Å²) in [5.74, 6) is 1.40. The SMILES string of the molecule is C=CCOc1ccc(/C=c2\sc3n(c2=O)[C@H](c2cccc(OC)c2)C(C(=O)Nc2ccccc2)=C(C)N=3)cc1OC. The number of ether oxygens (including phenoxy) is 3. The average molecular weight is 568 g/mol. The van der Waals surface area contributed by atoms with Gasteiger partial charge in [-0.25, -0.2) is 4.99 Å². The van der Waals surface area contributed by atoms with Crippen LogP contribution in [0.3, 0.4) is 0 Å². The van der Waals surface area contributed by atoms with Crippen molar-refractivity contribution in [3.05, 3.63) is 128 Å². The number of rotatable bonds is 9. The van der Waals surface area contributed by atoms with Gasteiger partial charge in [0, 0.05) is 5.69 Å². The molecule has 1 aliphatic rings. The Morgan fingerprint density at radius 1 is 1.05 bits per heavy atom. The summed E-state index contributed by atoms with van der Waals surface area (Å²) < 4.78 is 18.7. The van der Waals surface area contributed by atoms with E-state index in [4.69, 9.17) is 19.2 Å². The van der Waals surface area contributed by atoms with Crippen molar-refractivity contribution in [1.82, 2.24) is 4.57 Å². The van der Waals surface area contributed by atoms with Crippen LogP contribution in [0, 0.1) is 0 Å². The van der Waals surface area contributed by atoms with Gasteiger partial charge in [0.15, 0.2) is 16.3 Å². The quantitative estimate of drug-likeness (QED) is 0.302. The highest BCUT2D eigenvalue weighted by Crippen LogP contribution is 2.32. The predicted molar refractivity (Wildman–Crippen MR) is 161 cm³/mol. The molecule has 1 atom stereocenters. The maximum Gasteiger partial charge on any atom is 0.271 e. The van der Waals surface area contributed by atoms with E-state index < -0.39 is 6.04 Å². The number of aromatic nitrogens is 1. The number of fused-ring (bicyclic) bond motifs is 1. The summed E-state index contributed by atoms with van der Waals surface area (Å²) in [7, 11) is 3.14. The normalized spacial score (nSPS) is 14.6. The van der Waals surface area contributed by atoms with Crippen LogP contribution in [0.25, 0.3) is 6.08 Å². The second-order valence-electron chi connectivity index (χ2n) is 9.19. The Kier molecular flexibility index (Phi) is 8.16. The number of allylic oxidation sites excluding steroid dienone is 1. The molecule has 9 heteroatoms. The van der Waals surface area contributed by atoms with Crippen LogP contribution in [-0.2, 0) is 4.79 Å². The topological polar surface area (TPSA) is 91.2 Å². The molecular weight excluding hydrogens is 538 g/mol. The highest BCUT2D eigenvalue weighted by atomic mass is 32.1. The Morgan fingerprint density at radius 3 is 2.59 bits per heavy atom. The molecule has 0 unspecified atom stereocenters. The van der Waals surface area contributed by atoms with Gasteiger partial charge in [-0.15, -0.1) is 0 Å². The van der Waals surface area contributed by atoms with Gasteiger partial charge < -0.3 is 19.5 Å². The minimum atomic E-state index is -0.712. The number of carbonyl (C=O) groups excluding carboxylic acids is 1. The molecule has 1 aromatic heterocycles. The first-order valence-corrected chi connectivity index (χ1v) is 13.7. The molecule has 5 rings (SSSR count). The van der Waals surface area contributed by atoms with E-state index in [0.717, 1.165) is 11.1 Å². The summed E-state index contributed by atoms with van der Waals surface area (Å²) >= 11 is 1.26. The summed E-state index contributed by atoms with van der Waals surface area (Å²) in [5, 5.41) is 2.96. The summed E-state index contributed by atoms with van der Waals surface area (Å²) in [4.78, 5) is 32.9. The molecule has 1 N–H and O–H groups in total. The molecule has 208 valence electrons. The molecule has 0 fully saturated rings. The van der Waals surface area contributed by atoms with Gasteiger partial charge in [-0.05, 0) is 60.5 Å². The number of benzene rings is 3. The van der Waals surface area contributed by atoms with Gasteiger partial charge in [0.05, 0.1) is 36.1 Å². The fourth-order valence-corrected chi connectivity index (χ4v) is 5.70. The molecule has 3 aromatic carbocycles. The highest BCUT2D eigenvalue weighted by molar-refractivity contribution is 7.07. The number of methoxy groups -OCH3 is 2. The molecule has 1 amide bonds. The van der Waals surface area contributed by atoms with Crippen molar-refractivity contribution in [2.45, 2.75) is 13.0 Å². The van der Waals surface area contributed by atoms with Gasteiger partial charge in [0.25, 0.3) is 11.5 Å². The average Bonchev–Trinajstić information content (AvgIpc) is 3.29. The standard InChI is InChI=1S/C32H29N3O5S/c1-5-16-40-25-15-14-21(17-26(25)39-4)18-27-31(37)35-29(22-10-9-13-24(19-22)38-3)28(20(2)33-32(35)41-27)30(36)34-23-11-7-6-8-12-23/h5-15,17-19,29H,1,16H2,2-4H3,(H,34,36)/b27-18-/t29-/m1/s1. The molecule has 4 aromatic rings. The smallest absolute Gasteiger partial charge is 0.271 e. The lowest BCUT2D eigenvalue weighted by Gasteiger charge is -2.25. The third kappa shape index (κ3) is 5.71. The number of nitrogens with zero attached hydrogens (tertiary/aromatic N) is 2. The number of hydrogen-bond donors (Lipinski definition) is 1. The minimum Gasteiger partial charge on any atom is -0.497 e. The second kappa shape index (κ2) is 12.1. The third-order valence-electron chi connectivity index (χ3n) is 6.55. The van der Waals surface area contributed by atoms with E-state index in [1.807, 2.05) is 60.7 Å². The lowest BCUT2D eigenvalue weighted by molar-refractivity contribution is -0.113. The predicted octanol–water partition coefficient (Wildman–Crippen LogP) is 4.46. The van der Waals surface area contributed by atoms with Crippen LogP contribution in [0.1, 0.15) is 24.1 Å². The largest absolute Gasteiger partial charge is 0.497 e. The third-order valence-corrected chi connectivity index (χ3v) is 7.53. The van der Waals surface area contributed by atoms with Crippen LogP contribution >= 0.6 is 11.3 Å². The number of carbonyl (C=O) groups is 1. The first-order valence-electron chi connectivity index (χ1n) is 12.9. The molecule has 1 aliphatic heterocycles. The van der Waals surface area contributed by atoms with Crippen molar-refractivity contribution < 1.29 is 19.0 Å². The summed E-state index contributed by atoms with van der Waals surface area (Å²) in [6.45, 7) is 5.81. The Labute approximate surface area is 241 Å². The summed E-state index contributed by atoms with van der Waals surface area (Å²) in [6, 6.07) is 21.3. The van der Waals surface area contributed by atoms with E-state index in [1.165, 1.54) is 11.3 Å². The van der Waals surface area contributed by atoms with Crippen LogP contribution in [0.2, 0.25) is 0 Å². The molecule has 41 heavy (non-hydrogen) atoms. The Hall–Kier alpha value is -4.89. The first kappa shape index (κ1) is 27.7. The fourth-order valence-electron chi connectivity index (χ4n) is 4.65. The van der Waals surface area contributed by atoms with Crippen LogP contribution in [0.15, 0.2) is 107 Å². The van der Waals surface area contributed by atoms with Crippen molar-refractivity contribution in [1.29, 1.82) is 0 Å². The Balaban J connectivity index is 1.64. The Morgan fingerprint density at radius 2 is 1.85 bits per heavy atom. The lowest BCUT2D eigenvalue weighted by Crippen LogP contribution is -2.40. The van der Waals surface area contributed by atoms with Crippen molar-refractivity contribution in [2.75, 3.05) is 26.1 Å². The van der Waals surface area contributed by atoms with Gasteiger partial charge >= 0.3 is 0 Å². The zero-order valence-corrected chi connectivity index (χ0v) is 23.7. The maximum absolute atomic E-state index is 14.0. The van der Waals surface area contributed by atoms with Crippen LogP contribution < -0.4 is 34.4 Å². The van der Waals surface area contributed by atoms with Crippen LogP contribution in [-0.4, -0.2) is 31.3 Å². The fraction of sp³-hybridized carbons (Fsp3) is 0.156. The number of nitrogens with one attached hydrogen (secondary N) is 1. The molecular formula is C32H29N3O5S. The number of para-hydroxylation sites is 1. The van der Waals surface area contributed by atoms with E-state index in [9.17, 15) is 9.59 Å². The maximum atomic E-state index is 14.0. The molecule has 0 bridgehead atoms. The van der Waals surface area contributed by atoms with Crippen molar-refractivity contribution in [3.8, 4) is 17.2 Å². The van der Waals surface area contributed by atoms with Crippen LogP contribution in [0.4, 0.5) is 5.69 Å². The molecule has 2 heterocycles. The first-order chi connectivity index (χ1) is 19.9. The van der Waals surface area contributed by atoms with Gasteiger partial charge in [-0.3, -0.25) is 14.2 Å². The number of thiazole rings is 1. The molecule has 0 spiro atoms. The molecule has 0 radical (unpaired) electrons. The molecule has 0 saturated heterocycles. The zero-order chi connectivity index (χ0) is 28.9. The molecule has 0 aliphatic carbocycles. The Bertz CT molecular complexity index is 1820. The molecule has 8 nitrogen and oxygen atoms in total. The van der Waals surface area contributed by atoms with E-state index in [1.54, 1.807) is 50.0 Å². The number of amides is 1. The van der Waals surface area contributed by atoms with Gasteiger partial charge in [-0.1, -0.05) is 60.4 Å². The van der Waals surface area contributed by atoms with Crippen molar-refractivity contribution in [2.24, 2.45) is 4.99 Å². The highest BCUT2D eigenvalue weighted by Gasteiger charge is 2.32. The van der Waals surface area contributed by atoms with E-state index >= 15 is 0 Å². The van der Waals surface area contributed by atoms with E-state index in [-0.39, 0.29) is 11.5 Å². The summed E-state index contributed by atoms with van der Waals surface area (Å²) in [6.07, 6.45) is 3.44. The van der Waals surface area contributed by atoms with E-state index in [2.05, 4.69) is 11.9 Å². The summed E-state index contributed by atoms with van der Waals surface area (Å²) in [5.41, 5.74) is 2.79. The lowest BCUT2D eigenvalue weighted by atomic mass is 9.95.